The lowest BCUT2D eigenvalue weighted by Crippen LogP contribution is -2.39. The Kier molecular flexibility index (Phi) is 5.83. The highest BCUT2D eigenvalue weighted by atomic mass is 16.5. The van der Waals surface area contributed by atoms with E-state index in [9.17, 15) is 4.79 Å². The van der Waals surface area contributed by atoms with Crippen molar-refractivity contribution in [3.8, 4) is 11.1 Å². The summed E-state index contributed by atoms with van der Waals surface area (Å²) in [5, 5.41) is 6.31. The zero-order valence-corrected chi connectivity index (χ0v) is 16.3. The standard InChI is InChI=1S/C21H27N5O2/c1-15-2-3-16(20(27)25-18-4-5-18)12-19(15)17-13-23-21(24-14-17)22-6-7-26-8-10-28-11-9-26/h2-3,12-14,18H,4-11H2,1H3,(H,25,27)(H,22,23,24). The largest absolute Gasteiger partial charge is 0.379 e. The molecule has 7 heteroatoms. The number of aryl methyl sites for hydroxylation is 1. The maximum Gasteiger partial charge on any atom is 0.251 e. The van der Waals surface area contributed by atoms with E-state index < -0.39 is 0 Å². The van der Waals surface area contributed by atoms with E-state index in [4.69, 9.17) is 4.74 Å². The fraction of sp³-hybridized carbons (Fsp3) is 0.476. The van der Waals surface area contributed by atoms with Crippen molar-refractivity contribution < 1.29 is 9.53 Å². The molecule has 2 heterocycles. The molecular formula is C21H27N5O2. The third-order valence-electron chi connectivity index (χ3n) is 5.19. The van der Waals surface area contributed by atoms with E-state index in [0.29, 0.717) is 17.6 Å². The van der Waals surface area contributed by atoms with E-state index in [2.05, 4.69) is 25.5 Å². The predicted molar refractivity (Wildman–Crippen MR) is 108 cm³/mol. The summed E-state index contributed by atoms with van der Waals surface area (Å²) in [6.45, 7) is 7.36. The molecule has 2 N–H and O–H groups in total. The molecule has 1 amide bonds. The van der Waals surface area contributed by atoms with E-state index in [0.717, 1.165) is 68.9 Å². The smallest absolute Gasteiger partial charge is 0.251 e. The van der Waals surface area contributed by atoms with E-state index >= 15 is 0 Å². The maximum absolute atomic E-state index is 12.3. The number of nitrogens with zero attached hydrogens (tertiary/aromatic N) is 3. The molecule has 1 saturated heterocycles. The Balaban J connectivity index is 1.38. The highest BCUT2D eigenvalue weighted by molar-refractivity contribution is 5.96. The molecule has 28 heavy (non-hydrogen) atoms. The number of benzene rings is 1. The van der Waals surface area contributed by atoms with E-state index in [-0.39, 0.29) is 5.91 Å². The summed E-state index contributed by atoms with van der Waals surface area (Å²) in [7, 11) is 0. The number of carbonyl (C=O) groups is 1. The Morgan fingerprint density at radius 1 is 1.21 bits per heavy atom. The fourth-order valence-corrected chi connectivity index (χ4v) is 3.28. The third-order valence-corrected chi connectivity index (χ3v) is 5.19. The van der Waals surface area contributed by atoms with Gasteiger partial charge in [-0.25, -0.2) is 9.97 Å². The van der Waals surface area contributed by atoms with Crippen LogP contribution in [0, 0.1) is 6.92 Å². The minimum atomic E-state index is -0.00827. The molecule has 2 aromatic rings. The van der Waals surface area contributed by atoms with Crippen molar-refractivity contribution >= 4 is 11.9 Å². The number of hydrogen-bond acceptors (Lipinski definition) is 6. The van der Waals surface area contributed by atoms with Gasteiger partial charge in [0, 0.05) is 55.7 Å². The first-order chi connectivity index (χ1) is 13.7. The summed E-state index contributed by atoms with van der Waals surface area (Å²) >= 11 is 0. The zero-order chi connectivity index (χ0) is 19.3. The van der Waals surface area contributed by atoms with Crippen LogP contribution in [0.15, 0.2) is 30.6 Å². The molecule has 1 aromatic heterocycles. The number of nitrogens with one attached hydrogen (secondary N) is 2. The van der Waals surface area contributed by atoms with Crippen LogP contribution >= 0.6 is 0 Å². The molecule has 1 aliphatic heterocycles. The van der Waals surface area contributed by atoms with Crippen LogP contribution < -0.4 is 10.6 Å². The number of amides is 1. The first-order valence-corrected chi connectivity index (χ1v) is 9.97. The molecule has 2 fully saturated rings. The second kappa shape index (κ2) is 8.67. The number of carbonyl (C=O) groups excluding carboxylic acids is 1. The number of aromatic nitrogens is 2. The highest BCUT2D eigenvalue weighted by Gasteiger charge is 2.24. The summed E-state index contributed by atoms with van der Waals surface area (Å²) in [5.74, 6) is 0.614. The van der Waals surface area contributed by atoms with Gasteiger partial charge in [-0.1, -0.05) is 6.07 Å². The zero-order valence-electron chi connectivity index (χ0n) is 16.3. The van der Waals surface area contributed by atoms with Gasteiger partial charge < -0.3 is 15.4 Å². The summed E-state index contributed by atoms with van der Waals surface area (Å²) in [5.41, 5.74) is 3.68. The number of hydrogen-bond donors (Lipinski definition) is 2. The summed E-state index contributed by atoms with van der Waals surface area (Å²) in [6.07, 6.45) is 5.79. The van der Waals surface area contributed by atoms with Gasteiger partial charge in [-0.15, -0.1) is 0 Å². The molecule has 1 aromatic carbocycles. The predicted octanol–water partition coefficient (Wildman–Crippen LogP) is 2.09. The fourth-order valence-electron chi connectivity index (χ4n) is 3.28. The van der Waals surface area contributed by atoms with Crippen LogP contribution in [0.2, 0.25) is 0 Å². The lowest BCUT2D eigenvalue weighted by Gasteiger charge is -2.26. The normalized spacial score (nSPS) is 17.3. The molecular weight excluding hydrogens is 354 g/mol. The quantitative estimate of drug-likeness (QED) is 0.765. The van der Waals surface area contributed by atoms with Gasteiger partial charge in [0.05, 0.1) is 13.2 Å². The number of morpholine rings is 1. The summed E-state index contributed by atoms with van der Waals surface area (Å²) in [6, 6.07) is 6.13. The minimum absolute atomic E-state index is 0.00827. The molecule has 7 nitrogen and oxygen atoms in total. The van der Waals surface area contributed by atoms with Gasteiger partial charge in [-0.2, -0.15) is 0 Å². The molecule has 1 aliphatic carbocycles. The molecule has 4 rings (SSSR count). The molecule has 0 spiro atoms. The Hall–Kier alpha value is -2.51. The van der Waals surface area contributed by atoms with Gasteiger partial charge >= 0.3 is 0 Å². The van der Waals surface area contributed by atoms with Gasteiger partial charge in [0.15, 0.2) is 0 Å². The van der Waals surface area contributed by atoms with Crippen LogP contribution in [0.4, 0.5) is 5.95 Å². The maximum atomic E-state index is 12.3. The van der Waals surface area contributed by atoms with Crippen LogP contribution in [-0.2, 0) is 4.74 Å². The topological polar surface area (TPSA) is 79.4 Å². The Morgan fingerprint density at radius 3 is 2.68 bits per heavy atom. The number of rotatable bonds is 7. The van der Waals surface area contributed by atoms with Crippen LogP contribution in [0.5, 0.6) is 0 Å². The molecule has 0 atom stereocenters. The molecule has 0 radical (unpaired) electrons. The first kappa shape index (κ1) is 18.8. The Morgan fingerprint density at radius 2 is 1.96 bits per heavy atom. The molecule has 0 bridgehead atoms. The van der Waals surface area contributed by atoms with Crippen molar-refractivity contribution in [2.45, 2.75) is 25.8 Å². The van der Waals surface area contributed by atoms with Crippen molar-refractivity contribution in [3.63, 3.8) is 0 Å². The second-order valence-corrected chi connectivity index (χ2v) is 7.45. The van der Waals surface area contributed by atoms with Crippen LogP contribution in [0.3, 0.4) is 0 Å². The molecule has 1 saturated carbocycles. The summed E-state index contributed by atoms with van der Waals surface area (Å²) < 4.78 is 5.36. The average molecular weight is 381 g/mol. The molecule has 2 aliphatic rings. The van der Waals surface area contributed by atoms with Crippen molar-refractivity contribution in [1.82, 2.24) is 20.2 Å². The van der Waals surface area contributed by atoms with E-state index in [1.54, 1.807) is 0 Å². The third kappa shape index (κ3) is 4.85. The van der Waals surface area contributed by atoms with Gasteiger partial charge in [-0.3, -0.25) is 9.69 Å². The lowest BCUT2D eigenvalue weighted by atomic mass is 10.00. The highest BCUT2D eigenvalue weighted by Crippen LogP contribution is 2.25. The van der Waals surface area contributed by atoms with Gasteiger partial charge in [0.2, 0.25) is 5.95 Å². The minimum Gasteiger partial charge on any atom is -0.379 e. The van der Waals surface area contributed by atoms with Crippen molar-refractivity contribution in [3.05, 3.63) is 41.7 Å². The van der Waals surface area contributed by atoms with Crippen molar-refractivity contribution in [2.75, 3.05) is 44.7 Å². The van der Waals surface area contributed by atoms with Crippen molar-refractivity contribution in [2.24, 2.45) is 0 Å². The van der Waals surface area contributed by atoms with E-state index in [1.165, 1.54) is 0 Å². The average Bonchev–Trinajstić information content (AvgIpc) is 3.54. The number of ether oxygens (including phenoxy) is 1. The Labute approximate surface area is 165 Å². The second-order valence-electron chi connectivity index (χ2n) is 7.45. The Bertz CT molecular complexity index is 814. The summed E-state index contributed by atoms with van der Waals surface area (Å²) in [4.78, 5) is 23.6. The van der Waals surface area contributed by atoms with Crippen molar-refractivity contribution in [1.29, 1.82) is 0 Å². The van der Waals surface area contributed by atoms with Gasteiger partial charge in [-0.05, 0) is 43.0 Å². The number of anilines is 1. The van der Waals surface area contributed by atoms with E-state index in [1.807, 2.05) is 37.5 Å². The van der Waals surface area contributed by atoms with Gasteiger partial charge in [0.1, 0.15) is 0 Å². The van der Waals surface area contributed by atoms with Gasteiger partial charge in [0.25, 0.3) is 5.91 Å². The van der Waals surface area contributed by atoms with Crippen LogP contribution in [0.25, 0.3) is 11.1 Å². The van der Waals surface area contributed by atoms with Crippen LogP contribution in [0.1, 0.15) is 28.8 Å². The molecule has 148 valence electrons. The lowest BCUT2D eigenvalue weighted by molar-refractivity contribution is 0.0398. The monoisotopic (exact) mass is 381 g/mol. The first-order valence-electron chi connectivity index (χ1n) is 9.97. The SMILES string of the molecule is Cc1ccc(C(=O)NC2CC2)cc1-c1cnc(NCCN2CCOCC2)nc1. The van der Waals surface area contributed by atoms with Crippen LogP contribution in [-0.4, -0.2) is 66.2 Å². The molecule has 0 unspecified atom stereocenters.